The number of hydrogen-bond acceptors (Lipinski definition) is 5. The van der Waals surface area contributed by atoms with Crippen molar-refractivity contribution in [2.75, 3.05) is 0 Å². The average Bonchev–Trinajstić information content (AvgIpc) is 2.47. The van der Waals surface area contributed by atoms with Crippen LogP contribution in [0.5, 0.6) is 11.5 Å². The van der Waals surface area contributed by atoms with E-state index < -0.39 is 16.4 Å². The summed E-state index contributed by atoms with van der Waals surface area (Å²) < 4.78 is 18.8. The molecule has 0 unspecified atom stereocenters. The second-order valence-corrected chi connectivity index (χ2v) is 3.98. The number of benzene rings is 2. The van der Waals surface area contributed by atoms with E-state index in [4.69, 9.17) is 15.7 Å². The third-order valence-electron chi connectivity index (χ3n) is 2.61. The third kappa shape index (κ3) is 3.24. The van der Waals surface area contributed by atoms with E-state index in [0.29, 0.717) is 11.3 Å². The van der Waals surface area contributed by atoms with Crippen LogP contribution in [-0.4, -0.2) is 16.0 Å². The highest BCUT2D eigenvalue weighted by Gasteiger charge is 2.14. The first-order valence-corrected chi connectivity index (χ1v) is 5.71. The zero-order chi connectivity index (χ0) is 15.4. The lowest BCUT2D eigenvalue weighted by Gasteiger charge is -2.06. The first kappa shape index (κ1) is 14.3. The van der Waals surface area contributed by atoms with Gasteiger partial charge in [0.05, 0.1) is 4.92 Å². The second kappa shape index (κ2) is 5.87. The van der Waals surface area contributed by atoms with Crippen LogP contribution in [0.15, 0.2) is 47.6 Å². The van der Waals surface area contributed by atoms with E-state index in [1.54, 1.807) is 12.1 Å². The standard InChI is InChI=1S/C13H10FN3O4/c14-11-7-10(5-6-12(11)17(19)20)21-9-3-1-8(2-4-9)13(15)16-18/h1-7,18H,(H2,15,16). The molecule has 0 amide bonds. The van der Waals surface area contributed by atoms with Gasteiger partial charge in [-0.25, -0.2) is 0 Å². The van der Waals surface area contributed by atoms with Gasteiger partial charge in [-0.2, -0.15) is 4.39 Å². The molecule has 108 valence electrons. The Labute approximate surface area is 118 Å². The molecule has 2 rings (SSSR count). The SMILES string of the molecule is NC(=NO)c1ccc(Oc2ccc([N+](=O)[O-])c(F)c2)cc1. The number of nitrogens with two attached hydrogens (primary N) is 1. The van der Waals surface area contributed by atoms with E-state index in [9.17, 15) is 14.5 Å². The van der Waals surface area contributed by atoms with E-state index in [-0.39, 0.29) is 11.6 Å². The van der Waals surface area contributed by atoms with E-state index in [1.165, 1.54) is 18.2 Å². The lowest BCUT2D eigenvalue weighted by molar-refractivity contribution is -0.387. The van der Waals surface area contributed by atoms with Crippen LogP contribution >= 0.6 is 0 Å². The minimum absolute atomic E-state index is 0.0528. The molecule has 2 aromatic rings. The Morgan fingerprint density at radius 1 is 1.24 bits per heavy atom. The van der Waals surface area contributed by atoms with Crippen molar-refractivity contribution >= 4 is 11.5 Å². The number of ether oxygens (including phenoxy) is 1. The van der Waals surface area contributed by atoms with Crippen molar-refractivity contribution in [3.05, 3.63) is 64.0 Å². The number of nitro benzene ring substituents is 1. The van der Waals surface area contributed by atoms with Gasteiger partial charge in [0, 0.05) is 17.7 Å². The number of hydrogen-bond donors (Lipinski definition) is 2. The molecule has 0 aromatic heterocycles. The van der Waals surface area contributed by atoms with Crippen molar-refractivity contribution in [1.29, 1.82) is 0 Å². The van der Waals surface area contributed by atoms with Gasteiger partial charge in [-0.3, -0.25) is 10.1 Å². The highest BCUT2D eigenvalue weighted by Crippen LogP contribution is 2.26. The fourth-order valence-corrected chi connectivity index (χ4v) is 1.59. The number of amidine groups is 1. The van der Waals surface area contributed by atoms with Crippen LogP contribution in [0.4, 0.5) is 10.1 Å². The predicted molar refractivity (Wildman–Crippen MR) is 72.1 cm³/mol. The molecular formula is C13H10FN3O4. The lowest BCUT2D eigenvalue weighted by Crippen LogP contribution is -2.12. The molecule has 0 saturated heterocycles. The molecule has 0 spiro atoms. The molecule has 8 heteroatoms. The van der Waals surface area contributed by atoms with Gasteiger partial charge in [-0.1, -0.05) is 5.16 Å². The number of nitro groups is 1. The molecule has 21 heavy (non-hydrogen) atoms. The van der Waals surface area contributed by atoms with Crippen LogP contribution in [0.25, 0.3) is 0 Å². The molecule has 0 bridgehead atoms. The van der Waals surface area contributed by atoms with Crippen molar-refractivity contribution in [3.63, 3.8) is 0 Å². The summed E-state index contributed by atoms with van der Waals surface area (Å²) in [6.07, 6.45) is 0. The first-order valence-electron chi connectivity index (χ1n) is 5.71. The van der Waals surface area contributed by atoms with Gasteiger partial charge < -0.3 is 15.7 Å². The van der Waals surface area contributed by atoms with Crippen molar-refractivity contribution in [1.82, 2.24) is 0 Å². The molecule has 0 radical (unpaired) electrons. The maximum Gasteiger partial charge on any atom is 0.305 e. The number of oxime groups is 1. The molecule has 0 atom stereocenters. The molecule has 0 fully saturated rings. The molecule has 0 saturated carbocycles. The van der Waals surface area contributed by atoms with Crippen LogP contribution in [0.3, 0.4) is 0 Å². The maximum absolute atomic E-state index is 13.4. The quantitative estimate of drug-likeness (QED) is 0.296. The lowest BCUT2D eigenvalue weighted by atomic mass is 10.2. The predicted octanol–water partition coefficient (Wildman–Crippen LogP) is 2.62. The molecule has 0 aliphatic carbocycles. The molecule has 0 aliphatic rings. The van der Waals surface area contributed by atoms with Crippen LogP contribution in [0.1, 0.15) is 5.56 Å². The first-order chi connectivity index (χ1) is 10.0. The van der Waals surface area contributed by atoms with Gasteiger partial charge >= 0.3 is 5.69 Å². The molecular weight excluding hydrogens is 281 g/mol. The summed E-state index contributed by atoms with van der Waals surface area (Å²) >= 11 is 0. The van der Waals surface area contributed by atoms with Gasteiger partial charge in [0.1, 0.15) is 11.5 Å². The topological polar surface area (TPSA) is 111 Å². The van der Waals surface area contributed by atoms with Gasteiger partial charge in [-0.15, -0.1) is 0 Å². The van der Waals surface area contributed by atoms with Gasteiger partial charge in [0.25, 0.3) is 0 Å². The van der Waals surface area contributed by atoms with Crippen LogP contribution in [0.2, 0.25) is 0 Å². The van der Waals surface area contributed by atoms with Gasteiger partial charge in [0.15, 0.2) is 5.84 Å². The minimum Gasteiger partial charge on any atom is -0.457 e. The average molecular weight is 291 g/mol. The van der Waals surface area contributed by atoms with E-state index >= 15 is 0 Å². The smallest absolute Gasteiger partial charge is 0.305 e. The summed E-state index contributed by atoms with van der Waals surface area (Å²) in [7, 11) is 0. The molecule has 3 N–H and O–H groups in total. The van der Waals surface area contributed by atoms with E-state index in [1.807, 2.05) is 0 Å². The molecule has 0 aliphatic heterocycles. The summed E-state index contributed by atoms with van der Waals surface area (Å²) in [5.74, 6) is -0.541. The van der Waals surface area contributed by atoms with Crippen molar-refractivity contribution < 1.29 is 19.3 Å². The largest absolute Gasteiger partial charge is 0.457 e. The van der Waals surface area contributed by atoms with Crippen LogP contribution < -0.4 is 10.5 Å². The third-order valence-corrected chi connectivity index (χ3v) is 2.61. The Kier molecular flexibility index (Phi) is 3.98. The maximum atomic E-state index is 13.4. The highest BCUT2D eigenvalue weighted by atomic mass is 19.1. The Morgan fingerprint density at radius 3 is 2.38 bits per heavy atom. The second-order valence-electron chi connectivity index (χ2n) is 3.98. The van der Waals surface area contributed by atoms with E-state index in [2.05, 4.69) is 5.16 Å². The molecule has 2 aromatic carbocycles. The van der Waals surface area contributed by atoms with Gasteiger partial charge in [0.2, 0.25) is 5.82 Å². The molecule has 7 nitrogen and oxygen atoms in total. The normalized spacial score (nSPS) is 11.2. The Hall–Kier alpha value is -3.16. The minimum atomic E-state index is -0.981. The van der Waals surface area contributed by atoms with Crippen molar-refractivity contribution in [2.45, 2.75) is 0 Å². The number of nitrogens with zero attached hydrogens (tertiary/aromatic N) is 2. The summed E-state index contributed by atoms with van der Waals surface area (Å²) in [6, 6.07) is 9.40. The van der Waals surface area contributed by atoms with Gasteiger partial charge in [-0.05, 0) is 30.3 Å². The van der Waals surface area contributed by atoms with E-state index in [0.717, 1.165) is 12.1 Å². The van der Waals surface area contributed by atoms with Crippen LogP contribution in [-0.2, 0) is 0 Å². The summed E-state index contributed by atoms with van der Waals surface area (Å²) in [5, 5.41) is 21.9. The fraction of sp³-hybridized carbons (Fsp3) is 0. The zero-order valence-corrected chi connectivity index (χ0v) is 10.6. The summed E-state index contributed by atoms with van der Waals surface area (Å²) in [5.41, 5.74) is 5.27. The Bertz CT molecular complexity index is 701. The number of rotatable bonds is 4. The Balaban J connectivity index is 2.19. The molecule has 0 heterocycles. The fourth-order valence-electron chi connectivity index (χ4n) is 1.59. The Morgan fingerprint density at radius 2 is 1.86 bits per heavy atom. The summed E-state index contributed by atoms with van der Waals surface area (Å²) in [4.78, 5) is 9.69. The summed E-state index contributed by atoms with van der Waals surface area (Å²) in [6.45, 7) is 0. The van der Waals surface area contributed by atoms with Crippen molar-refractivity contribution in [2.24, 2.45) is 10.9 Å². The highest BCUT2D eigenvalue weighted by molar-refractivity contribution is 5.97. The number of halogens is 1. The zero-order valence-electron chi connectivity index (χ0n) is 10.6. The van der Waals surface area contributed by atoms with Crippen LogP contribution in [0, 0.1) is 15.9 Å². The van der Waals surface area contributed by atoms with Crippen molar-refractivity contribution in [3.8, 4) is 11.5 Å². The monoisotopic (exact) mass is 291 g/mol.